The number of carbonyl (C=O) groups is 2. The second-order valence-electron chi connectivity index (χ2n) is 10.1. The fourth-order valence-electron chi connectivity index (χ4n) is 4.37. The molecule has 0 radical (unpaired) electrons. The Bertz CT molecular complexity index is 1200. The zero-order valence-corrected chi connectivity index (χ0v) is 21.2. The quantitative estimate of drug-likeness (QED) is 0.477. The van der Waals surface area contributed by atoms with Crippen LogP contribution in [0.15, 0.2) is 36.4 Å². The van der Waals surface area contributed by atoms with Crippen LogP contribution in [0.4, 0.5) is 18.0 Å². The molecule has 2 aliphatic rings. The highest BCUT2D eigenvalue weighted by atomic mass is 35.5. The number of carbonyl (C=O) groups excluding carboxylic acids is 2. The van der Waals surface area contributed by atoms with Crippen molar-refractivity contribution in [2.24, 2.45) is 0 Å². The molecule has 2 aliphatic heterocycles. The molecule has 194 valence electrons. The lowest BCUT2D eigenvalue weighted by atomic mass is 9.82. The number of likely N-dealkylation sites (tertiary alicyclic amines) is 1. The number of halogens is 5. The Morgan fingerprint density at radius 1 is 1.08 bits per heavy atom. The van der Waals surface area contributed by atoms with E-state index in [4.69, 9.17) is 32.7 Å². The molecule has 1 spiro atoms. The maximum Gasteiger partial charge on any atom is 0.421 e. The third-order valence-corrected chi connectivity index (χ3v) is 6.63. The van der Waals surface area contributed by atoms with E-state index in [2.05, 4.69) is 0 Å². The largest absolute Gasteiger partial charge is 0.444 e. The normalized spacial score (nSPS) is 18.4. The highest BCUT2D eigenvalue weighted by Gasteiger charge is 2.57. The van der Waals surface area contributed by atoms with Gasteiger partial charge >= 0.3 is 12.3 Å². The molecule has 2 aromatic rings. The number of fused-ring (bicyclic) bond motifs is 2. The van der Waals surface area contributed by atoms with Crippen molar-refractivity contribution in [1.82, 2.24) is 4.90 Å². The summed E-state index contributed by atoms with van der Waals surface area (Å²) in [6.07, 6.45) is -6.96. The van der Waals surface area contributed by atoms with Crippen molar-refractivity contribution in [1.29, 1.82) is 0 Å². The van der Waals surface area contributed by atoms with E-state index in [0.717, 1.165) is 17.7 Å². The lowest BCUT2D eigenvalue weighted by Gasteiger charge is -2.47. The van der Waals surface area contributed by atoms with Gasteiger partial charge in [0.2, 0.25) is 0 Å². The minimum absolute atomic E-state index is 0.0230. The van der Waals surface area contributed by atoms with Gasteiger partial charge in [-0.25, -0.2) is 4.79 Å². The molecular weight excluding hydrogens is 522 g/mol. The monoisotopic (exact) mass is 545 g/mol. The first kappa shape index (κ1) is 26.7. The van der Waals surface area contributed by atoms with Crippen molar-refractivity contribution >= 4 is 35.1 Å². The summed E-state index contributed by atoms with van der Waals surface area (Å²) < 4.78 is 53.3. The summed E-state index contributed by atoms with van der Waals surface area (Å²) in [4.78, 5) is 26.8. The van der Waals surface area contributed by atoms with Gasteiger partial charge in [-0.05, 0) is 61.7 Å². The summed E-state index contributed by atoms with van der Waals surface area (Å²) >= 11 is 11.7. The topological polar surface area (TPSA) is 76.1 Å². The Hall–Kier alpha value is -2.33. The number of ketones is 1. The molecule has 0 aliphatic carbocycles. The molecule has 2 aromatic carbocycles. The predicted octanol–water partition coefficient (Wildman–Crippen LogP) is 5.99. The number of hydrogen-bond acceptors (Lipinski definition) is 5. The van der Waals surface area contributed by atoms with E-state index in [1.54, 1.807) is 26.8 Å². The number of rotatable bonds is 4. The first-order valence-corrected chi connectivity index (χ1v) is 11.8. The van der Waals surface area contributed by atoms with E-state index in [1.807, 2.05) is 0 Å². The molecule has 1 N–H and O–H groups in total. The SMILES string of the molecule is CC(C)(C)OC(=O)N1CC2(C1)OCc1ccc(C(=O)CC(O)(c3cc(Cl)cc(Cl)c3)C(F)(F)F)cc12. The number of Topliss-reactive ketones (excluding diaryl/α,β-unsaturated/α-hetero) is 1. The van der Waals surface area contributed by atoms with Crippen LogP contribution >= 0.6 is 23.2 Å². The van der Waals surface area contributed by atoms with Crippen molar-refractivity contribution in [2.45, 2.75) is 56.8 Å². The van der Waals surface area contributed by atoms with Crippen LogP contribution in [0.3, 0.4) is 0 Å². The smallest absolute Gasteiger partial charge is 0.421 e. The Labute approximate surface area is 215 Å². The zero-order valence-electron chi connectivity index (χ0n) is 19.7. The van der Waals surface area contributed by atoms with Crippen molar-refractivity contribution in [2.75, 3.05) is 13.1 Å². The van der Waals surface area contributed by atoms with Crippen LogP contribution in [-0.4, -0.2) is 46.7 Å². The number of hydrogen-bond donors (Lipinski definition) is 1. The van der Waals surface area contributed by atoms with Gasteiger partial charge in [0.1, 0.15) is 11.2 Å². The van der Waals surface area contributed by atoms with E-state index in [-0.39, 0.29) is 35.3 Å². The van der Waals surface area contributed by atoms with Gasteiger partial charge in [0.25, 0.3) is 0 Å². The van der Waals surface area contributed by atoms with E-state index in [0.29, 0.717) is 5.56 Å². The molecule has 1 fully saturated rings. The number of amides is 1. The predicted molar refractivity (Wildman–Crippen MR) is 126 cm³/mol. The Morgan fingerprint density at radius 2 is 1.69 bits per heavy atom. The molecule has 36 heavy (non-hydrogen) atoms. The third kappa shape index (κ3) is 4.94. The van der Waals surface area contributed by atoms with Gasteiger partial charge in [0.15, 0.2) is 11.4 Å². The van der Waals surface area contributed by atoms with Gasteiger partial charge in [-0.2, -0.15) is 13.2 Å². The van der Waals surface area contributed by atoms with Crippen LogP contribution < -0.4 is 0 Å². The summed E-state index contributed by atoms with van der Waals surface area (Å²) in [5, 5.41) is 10.5. The van der Waals surface area contributed by atoms with Crippen molar-refractivity contribution in [3.8, 4) is 0 Å². The molecule has 0 saturated carbocycles. The van der Waals surface area contributed by atoms with Crippen LogP contribution in [0.25, 0.3) is 0 Å². The number of benzene rings is 2. The molecule has 0 bridgehead atoms. The van der Waals surface area contributed by atoms with E-state index >= 15 is 0 Å². The first-order valence-electron chi connectivity index (χ1n) is 11.1. The Morgan fingerprint density at radius 3 is 2.25 bits per heavy atom. The van der Waals surface area contributed by atoms with Crippen LogP contribution in [0.1, 0.15) is 54.2 Å². The fraction of sp³-hybridized carbons (Fsp3) is 0.440. The van der Waals surface area contributed by atoms with Crippen molar-refractivity contribution in [3.63, 3.8) is 0 Å². The second kappa shape index (κ2) is 8.90. The van der Waals surface area contributed by atoms with Gasteiger partial charge in [-0.3, -0.25) is 4.79 Å². The van der Waals surface area contributed by atoms with E-state index in [1.165, 1.54) is 23.1 Å². The molecule has 4 rings (SSSR count). The maximum atomic E-state index is 14.0. The Balaban J connectivity index is 1.58. The van der Waals surface area contributed by atoms with Gasteiger partial charge < -0.3 is 19.5 Å². The zero-order chi connectivity index (χ0) is 26.7. The van der Waals surface area contributed by atoms with Crippen LogP contribution in [0, 0.1) is 0 Å². The summed E-state index contributed by atoms with van der Waals surface area (Å²) in [6, 6.07) is 7.56. The number of nitrogens with zero attached hydrogens (tertiary/aromatic N) is 1. The Kier molecular flexibility index (Phi) is 6.61. The number of ether oxygens (including phenoxy) is 2. The molecule has 2 heterocycles. The van der Waals surface area contributed by atoms with Crippen molar-refractivity contribution < 1.29 is 37.3 Å². The molecular formula is C25H24Cl2F3NO5. The fourth-order valence-corrected chi connectivity index (χ4v) is 4.90. The van der Waals surface area contributed by atoms with E-state index < -0.39 is 46.8 Å². The molecule has 1 amide bonds. The summed E-state index contributed by atoms with van der Waals surface area (Å²) in [7, 11) is 0. The van der Waals surface area contributed by atoms with Crippen LogP contribution in [-0.2, 0) is 27.3 Å². The van der Waals surface area contributed by atoms with Gasteiger partial charge in [0.05, 0.1) is 26.1 Å². The summed E-state index contributed by atoms with van der Waals surface area (Å²) in [6.45, 7) is 5.84. The average Bonchev–Trinajstić information content (AvgIpc) is 3.08. The lowest BCUT2D eigenvalue weighted by molar-refractivity contribution is -0.264. The van der Waals surface area contributed by atoms with E-state index in [9.17, 15) is 27.9 Å². The molecule has 0 aromatic heterocycles. The molecule has 1 unspecified atom stereocenters. The summed E-state index contributed by atoms with van der Waals surface area (Å²) in [5.41, 5.74) is -4.31. The highest BCUT2D eigenvalue weighted by Crippen LogP contribution is 2.46. The first-order chi connectivity index (χ1) is 16.5. The third-order valence-electron chi connectivity index (χ3n) is 6.20. The molecule has 6 nitrogen and oxygen atoms in total. The minimum atomic E-state index is -5.18. The standard InChI is InChI=1S/C25H24Cl2F3NO5/c1-22(2,3)36-21(33)31-12-23(13-31)19-6-14(4-5-15(19)11-35-23)20(32)10-24(34,25(28,29)30)16-7-17(26)9-18(27)8-16/h4-9,34H,10-13H2,1-3H3. The second-order valence-corrected chi connectivity index (χ2v) is 11.0. The van der Waals surface area contributed by atoms with Gasteiger partial charge in [-0.15, -0.1) is 0 Å². The minimum Gasteiger partial charge on any atom is -0.444 e. The number of aliphatic hydroxyl groups is 1. The molecule has 11 heteroatoms. The van der Waals surface area contributed by atoms with Gasteiger partial charge in [0, 0.05) is 15.6 Å². The maximum absolute atomic E-state index is 14.0. The molecule has 1 saturated heterocycles. The van der Waals surface area contributed by atoms with Gasteiger partial charge in [-0.1, -0.05) is 35.3 Å². The molecule has 1 atom stereocenters. The summed E-state index contributed by atoms with van der Waals surface area (Å²) in [5.74, 6) is -0.931. The number of alkyl halides is 3. The van der Waals surface area contributed by atoms with Crippen molar-refractivity contribution in [3.05, 3.63) is 68.7 Å². The lowest BCUT2D eigenvalue weighted by Crippen LogP contribution is -2.61. The average molecular weight is 546 g/mol. The van der Waals surface area contributed by atoms with Crippen LogP contribution in [0.2, 0.25) is 10.0 Å². The van der Waals surface area contributed by atoms with Crippen LogP contribution in [0.5, 0.6) is 0 Å². The highest BCUT2D eigenvalue weighted by molar-refractivity contribution is 6.34.